The van der Waals surface area contributed by atoms with Crippen molar-refractivity contribution in [1.82, 2.24) is 0 Å². The molecule has 0 aromatic heterocycles. The smallest absolute Gasteiger partial charge is 0.204 e. The highest BCUT2D eigenvalue weighted by Crippen LogP contribution is 2.45. The average Bonchev–Trinajstić information content (AvgIpc) is 2.57. The molecular formula is C17H14O5. The summed E-state index contributed by atoms with van der Waals surface area (Å²) < 4.78 is 15.9. The van der Waals surface area contributed by atoms with E-state index in [9.17, 15) is 9.59 Å². The molecule has 3 rings (SSSR count). The molecule has 2 aromatic carbocycles. The summed E-state index contributed by atoms with van der Waals surface area (Å²) in [6.07, 6.45) is 0. The van der Waals surface area contributed by atoms with Gasteiger partial charge in [0.05, 0.1) is 26.9 Å². The summed E-state index contributed by atoms with van der Waals surface area (Å²) in [5, 5.41) is 0. The zero-order valence-electron chi connectivity index (χ0n) is 12.4. The summed E-state index contributed by atoms with van der Waals surface area (Å²) in [6.45, 7) is 0. The Bertz CT molecular complexity index is 792. The van der Waals surface area contributed by atoms with Gasteiger partial charge in [-0.25, -0.2) is 0 Å². The van der Waals surface area contributed by atoms with Crippen LogP contribution in [0.2, 0.25) is 0 Å². The van der Waals surface area contributed by atoms with E-state index in [1.165, 1.54) is 27.4 Å². The molecule has 0 spiro atoms. The van der Waals surface area contributed by atoms with Crippen LogP contribution in [0.1, 0.15) is 31.8 Å². The molecule has 5 nitrogen and oxygen atoms in total. The highest BCUT2D eigenvalue weighted by molar-refractivity contribution is 6.29. The molecule has 0 aliphatic heterocycles. The molecule has 0 radical (unpaired) electrons. The third kappa shape index (κ3) is 1.79. The lowest BCUT2D eigenvalue weighted by atomic mass is 9.83. The molecule has 0 bridgehead atoms. The van der Waals surface area contributed by atoms with Crippen LogP contribution in [0.5, 0.6) is 17.2 Å². The Labute approximate surface area is 127 Å². The molecule has 0 saturated heterocycles. The second-order valence-corrected chi connectivity index (χ2v) is 4.77. The van der Waals surface area contributed by atoms with Crippen molar-refractivity contribution in [1.29, 1.82) is 0 Å². The summed E-state index contributed by atoms with van der Waals surface area (Å²) >= 11 is 0. The molecule has 5 heteroatoms. The topological polar surface area (TPSA) is 61.8 Å². The number of methoxy groups -OCH3 is 3. The van der Waals surface area contributed by atoms with Crippen LogP contribution in [0.3, 0.4) is 0 Å². The number of hydrogen-bond donors (Lipinski definition) is 0. The highest BCUT2D eigenvalue weighted by atomic mass is 16.5. The quantitative estimate of drug-likeness (QED) is 0.743. The average molecular weight is 298 g/mol. The third-order valence-electron chi connectivity index (χ3n) is 3.72. The molecule has 0 amide bonds. The Hall–Kier alpha value is -2.82. The van der Waals surface area contributed by atoms with Crippen molar-refractivity contribution in [2.24, 2.45) is 0 Å². The van der Waals surface area contributed by atoms with Gasteiger partial charge in [-0.3, -0.25) is 9.59 Å². The molecule has 0 saturated carbocycles. The van der Waals surface area contributed by atoms with Gasteiger partial charge in [0.15, 0.2) is 23.1 Å². The van der Waals surface area contributed by atoms with Crippen LogP contribution in [0, 0.1) is 0 Å². The Morgan fingerprint density at radius 3 is 1.86 bits per heavy atom. The molecule has 0 N–H and O–H groups in total. The zero-order valence-corrected chi connectivity index (χ0v) is 12.4. The molecule has 1 aliphatic rings. The maximum Gasteiger partial charge on any atom is 0.204 e. The van der Waals surface area contributed by atoms with E-state index in [0.717, 1.165) is 0 Å². The second kappa shape index (κ2) is 5.18. The Morgan fingerprint density at radius 2 is 1.32 bits per heavy atom. The van der Waals surface area contributed by atoms with Gasteiger partial charge in [0.25, 0.3) is 0 Å². The maximum absolute atomic E-state index is 12.8. The number of carbonyl (C=O) groups excluding carboxylic acids is 2. The number of carbonyl (C=O) groups is 2. The molecule has 0 heterocycles. The van der Waals surface area contributed by atoms with E-state index in [-0.39, 0.29) is 28.4 Å². The van der Waals surface area contributed by atoms with Gasteiger partial charge in [-0.15, -0.1) is 0 Å². The number of hydrogen-bond acceptors (Lipinski definition) is 5. The first-order chi connectivity index (χ1) is 10.6. The lowest BCUT2D eigenvalue weighted by Gasteiger charge is -2.22. The van der Waals surface area contributed by atoms with Crippen molar-refractivity contribution < 1.29 is 23.8 Å². The minimum Gasteiger partial charge on any atom is -0.493 e. The van der Waals surface area contributed by atoms with Gasteiger partial charge in [0.1, 0.15) is 0 Å². The standard InChI is InChI=1S/C17H14O5/c1-20-12-8-11-13(17(22-3)16(12)21-2)15(19)10-7-5-4-6-9(10)14(11)18/h4-8H,1-3H3. The lowest BCUT2D eigenvalue weighted by molar-refractivity contribution is 0.0975. The number of ether oxygens (including phenoxy) is 3. The summed E-state index contributed by atoms with van der Waals surface area (Å²) in [5.41, 5.74) is 1.22. The summed E-state index contributed by atoms with van der Waals surface area (Å²) in [7, 11) is 4.35. The summed E-state index contributed by atoms with van der Waals surface area (Å²) in [6, 6.07) is 8.25. The van der Waals surface area contributed by atoms with Crippen LogP contribution in [0.15, 0.2) is 30.3 Å². The van der Waals surface area contributed by atoms with Gasteiger partial charge < -0.3 is 14.2 Å². The monoisotopic (exact) mass is 298 g/mol. The van der Waals surface area contributed by atoms with Gasteiger partial charge in [0, 0.05) is 16.7 Å². The van der Waals surface area contributed by atoms with E-state index in [4.69, 9.17) is 14.2 Å². The van der Waals surface area contributed by atoms with Crippen molar-refractivity contribution in [3.8, 4) is 17.2 Å². The third-order valence-corrected chi connectivity index (χ3v) is 3.72. The normalized spacial score (nSPS) is 12.5. The first-order valence-corrected chi connectivity index (χ1v) is 6.65. The molecule has 2 aromatic rings. The van der Waals surface area contributed by atoms with E-state index in [1.807, 2.05) is 0 Å². The van der Waals surface area contributed by atoms with E-state index >= 15 is 0 Å². The number of rotatable bonds is 3. The fourth-order valence-corrected chi connectivity index (χ4v) is 2.72. The molecule has 22 heavy (non-hydrogen) atoms. The molecular weight excluding hydrogens is 284 g/mol. The maximum atomic E-state index is 12.8. The largest absolute Gasteiger partial charge is 0.493 e. The van der Waals surface area contributed by atoms with Crippen LogP contribution < -0.4 is 14.2 Å². The van der Waals surface area contributed by atoms with Crippen LogP contribution in [-0.2, 0) is 0 Å². The molecule has 112 valence electrons. The van der Waals surface area contributed by atoms with Gasteiger partial charge in [-0.1, -0.05) is 24.3 Å². The Balaban J connectivity index is 2.37. The van der Waals surface area contributed by atoms with E-state index in [2.05, 4.69) is 0 Å². The fraction of sp³-hybridized carbons (Fsp3) is 0.176. The second-order valence-electron chi connectivity index (χ2n) is 4.77. The van der Waals surface area contributed by atoms with Crippen LogP contribution in [0.4, 0.5) is 0 Å². The SMILES string of the molecule is COc1cc2c(c(OC)c1OC)C(=O)c1ccccc1C2=O. The lowest BCUT2D eigenvalue weighted by Crippen LogP contribution is -2.22. The predicted molar refractivity (Wildman–Crippen MR) is 79.4 cm³/mol. The number of ketones is 2. The van der Waals surface area contributed by atoms with Gasteiger partial charge >= 0.3 is 0 Å². The van der Waals surface area contributed by atoms with Gasteiger partial charge in [-0.2, -0.15) is 0 Å². The van der Waals surface area contributed by atoms with Crippen LogP contribution >= 0.6 is 0 Å². The minimum absolute atomic E-state index is 0.212. The fourth-order valence-electron chi connectivity index (χ4n) is 2.72. The summed E-state index contributed by atoms with van der Waals surface area (Å²) in [4.78, 5) is 25.5. The molecule has 0 atom stereocenters. The van der Waals surface area contributed by atoms with Gasteiger partial charge in [-0.05, 0) is 6.07 Å². The first kappa shape index (κ1) is 14.1. The van der Waals surface area contributed by atoms with Crippen molar-refractivity contribution in [2.45, 2.75) is 0 Å². The minimum atomic E-state index is -0.261. The zero-order chi connectivity index (χ0) is 15.9. The van der Waals surface area contributed by atoms with E-state index in [0.29, 0.717) is 22.6 Å². The molecule has 1 aliphatic carbocycles. The van der Waals surface area contributed by atoms with Gasteiger partial charge in [0.2, 0.25) is 5.75 Å². The van der Waals surface area contributed by atoms with Crippen LogP contribution in [0.25, 0.3) is 0 Å². The Morgan fingerprint density at radius 1 is 0.727 bits per heavy atom. The highest BCUT2D eigenvalue weighted by Gasteiger charge is 2.35. The van der Waals surface area contributed by atoms with Crippen molar-refractivity contribution in [2.75, 3.05) is 21.3 Å². The Kier molecular flexibility index (Phi) is 3.33. The van der Waals surface area contributed by atoms with E-state index < -0.39 is 0 Å². The summed E-state index contributed by atoms with van der Waals surface area (Å²) in [5.74, 6) is 0.361. The van der Waals surface area contributed by atoms with Crippen molar-refractivity contribution in [3.63, 3.8) is 0 Å². The predicted octanol–water partition coefficient (Wildman–Crippen LogP) is 2.49. The van der Waals surface area contributed by atoms with E-state index in [1.54, 1.807) is 24.3 Å². The number of benzene rings is 2. The van der Waals surface area contributed by atoms with Crippen molar-refractivity contribution >= 4 is 11.6 Å². The number of fused-ring (bicyclic) bond motifs is 2. The first-order valence-electron chi connectivity index (χ1n) is 6.65. The molecule has 0 unspecified atom stereocenters. The molecule has 0 fully saturated rings. The van der Waals surface area contributed by atoms with Crippen molar-refractivity contribution in [3.05, 3.63) is 52.6 Å². The van der Waals surface area contributed by atoms with Crippen LogP contribution in [-0.4, -0.2) is 32.9 Å².